The molecule has 132 valence electrons. The molecule has 0 aliphatic rings. The predicted molar refractivity (Wildman–Crippen MR) is 88.0 cm³/mol. The summed E-state index contributed by atoms with van der Waals surface area (Å²) in [7, 11) is 1.24. The van der Waals surface area contributed by atoms with Crippen LogP contribution in [0.25, 0.3) is 0 Å². The molecule has 24 heavy (non-hydrogen) atoms. The molecule has 7 nitrogen and oxygen atoms in total. The normalized spacial score (nSPS) is 11.5. The second kappa shape index (κ2) is 10.3. The third kappa shape index (κ3) is 7.62. The maximum absolute atomic E-state index is 12.1. The van der Waals surface area contributed by atoms with E-state index in [2.05, 4.69) is 15.4 Å². The van der Waals surface area contributed by atoms with Crippen molar-refractivity contribution in [3.63, 3.8) is 0 Å². The Bertz CT molecular complexity index is 545. The van der Waals surface area contributed by atoms with Gasteiger partial charge in [-0.1, -0.05) is 44.2 Å². The van der Waals surface area contributed by atoms with E-state index in [1.165, 1.54) is 7.11 Å². The van der Waals surface area contributed by atoms with Crippen molar-refractivity contribution in [1.82, 2.24) is 10.6 Å². The third-order valence-corrected chi connectivity index (χ3v) is 3.16. The summed E-state index contributed by atoms with van der Waals surface area (Å²) in [5.41, 5.74) is 0.850. The molecule has 1 unspecified atom stereocenters. The van der Waals surface area contributed by atoms with Gasteiger partial charge in [-0.05, 0) is 17.9 Å². The van der Waals surface area contributed by atoms with Crippen molar-refractivity contribution < 1.29 is 23.9 Å². The van der Waals surface area contributed by atoms with E-state index in [1.807, 2.05) is 44.2 Å². The third-order valence-electron chi connectivity index (χ3n) is 3.16. The molecule has 0 aromatic heterocycles. The van der Waals surface area contributed by atoms with Crippen molar-refractivity contribution in [3.05, 3.63) is 35.9 Å². The van der Waals surface area contributed by atoms with Gasteiger partial charge < -0.3 is 20.1 Å². The first-order chi connectivity index (χ1) is 11.4. The molecule has 0 radical (unpaired) electrons. The Labute approximate surface area is 141 Å². The number of carbonyl (C=O) groups is 3. The highest BCUT2D eigenvalue weighted by molar-refractivity contribution is 5.88. The van der Waals surface area contributed by atoms with Crippen LogP contribution in [0.4, 0.5) is 4.79 Å². The maximum atomic E-state index is 12.1. The van der Waals surface area contributed by atoms with Gasteiger partial charge in [-0.15, -0.1) is 0 Å². The number of amides is 2. The van der Waals surface area contributed by atoms with E-state index in [0.29, 0.717) is 6.42 Å². The number of hydrogen-bond donors (Lipinski definition) is 2. The molecule has 0 heterocycles. The van der Waals surface area contributed by atoms with Gasteiger partial charge in [0.25, 0.3) is 0 Å². The smallest absolute Gasteiger partial charge is 0.408 e. The monoisotopic (exact) mass is 336 g/mol. The molecule has 1 aromatic rings. The average molecular weight is 336 g/mol. The van der Waals surface area contributed by atoms with Crippen LogP contribution in [0, 0.1) is 5.92 Å². The Balaban J connectivity index is 2.52. The number of alkyl carbamates (subject to hydrolysis) is 1. The fourth-order valence-corrected chi connectivity index (χ4v) is 1.96. The molecule has 7 heteroatoms. The van der Waals surface area contributed by atoms with Crippen molar-refractivity contribution in [2.75, 3.05) is 13.7 Å². The highest BCUT2D eigenvalue weighted by Crippen LogP contribution is 2.06. The highest BCUT2D eigenvalue weighted by Gasteiger charge is 2.23. The van der Waals surface area contributed by atoms with Crippen LogP contribution in [0.15, 0.2) is 30.3 Å². The minimum Gasteiger partial charge on any atom is -0.468 e. The molecule has 1 aromatic carbocycles. The van der Waals surface area contributed by atoms with Gasteiger partial charge in [-0.2, -0.15) is 0 Å². The molecular formula is C17H24N2O5. The molecule has 0 aliphatic carbocycles. The molecular weight excluding hydrogens is 312 g/mol. The van der Waals surface area contributed by atoms with E-state index in [-0.39, 0.29) is 19.1 Å². The molecule has 2 amide bonds. The number of hydrogen-bond acceptors (Lipinski definition) is 5. The van der Waals surface area contributed by atoms with Crippen LogP contribution in [0.1, 0.15) is 25.8 Å². The topological polar surface area (TPSA) is 93.7 Å². The van der Waals surface area contributed by atoms with Crippen LogP contribution >= 0.6 is 0 Å². The van der Waals surface area contributed by atoms with Crippen LogP contribution in [0.5, 0.6) is 0 Å². The van der Waals surface area contributed by atoms with E-state index >= 15 is 0 Å². The molecule has 0 spiro atoms. The predicted octanol–water partition coefficient (Wildman–Crippen LogP) is 1.62. The Hall–Kier alpha value is -2.57. The number of benzene rings is 1. The van der Waals surface area contributed by atoms with Crippen molar-refractivity contribution in [1.29, 1.82) is 0 Å². The summed E-state index contributed by atoms with van der Waals surface area (Å²) in [6, 6.07) is 8.45. The first kappa shape index (κ1) is 19.5. The van der Waals surface area contributed by atoms with E-state index in [4.69, 9.17) is 4.74 Å². The lowest BCUT2D eigenvalue weighted by Crippen LogP contribution is -2.48. The van der Waals surface area contributed by atoms with Gasteiger partial charge in [-0.25, -0.2) is 4.79 Å². The van der Waals surface area contributed by atoms with Gasteiger partial charge in [0.05, 0.1) is 7.11 Å². The lowest BCUT2D eigenvalue weighted by atomic mass is 10.0. The van der Waals surface area contributed by atoms with Crippen LogP contribution in [0.3, 0.4) is 0 Å². The number of methoxy groups -OCH3 is 1. The summed E-state index contributed by atoms with van der Waals surface area (Å²) in [6.07, 6.45) is -0.259. The summed E-state index contributed by atoms with van der Waals surface area (Å²) in [5.74, 6) is -0.836. The van der Waals surface area contributed by atoms with Gasteiger partial charge >= 0.3 is 12.1 Å². The average Bonchev–Trinajstić information content (AvgIpc) is 2.57. The molecule has 1 rings (SSSR count). The molecule has 0 fully saturated rings. The van der Waals surface area contributed by atoms with Crippen LogP contribution < -0.4 is 10.6 Å². The number of rotatable bonds is 8. The Morgan fingerprint density at radius 1 is 1.12 bits per heavy atom. The van der Waals surface area contributed by atoms with Crippen molar-refractivity contribution in [2.24, 2.45) is 5.92 Å². The number of carbonyl (C=O) groups excluding carboxylic acids is 3. The minimum atomic E-state index is -0.780. The summed E-state index contributed by atoms with van der Waals surface area (Å²) >= 11 is 0. The summed E-state index contributed by atoms with van der Waals surface area (Å²) < 4.78 is 9.58. The maximum Gasteiger partial charge on any atom is 0.408 e. The zero-order chi connectivity index (χ0) is 17.9. The number of esters is 1. The van der Waals surface area contributed by atoms with E-state index < -0.39 is 24.0 Å². The van der Waals surface area contributed by atoms with E-state index in [9.17, 15) is 14.4 Å². The van der Waals surface area contributed by atoms with E-state index in [1.54, 1.807) is 0 Å². The standard InChI is InChI=1S/C17H24N2O5/c1-12(2)9-14(16(21)18-10-15(20)23-3)19-17(22)24-11-13-7-5-4-6-8-13/h4-8,12,14H,9-11H2,1-3H3,(H,18,21)(H,19,22). The quantitative estimate of drug-likeness (QED) is 0.704. The molecule has 0 saturated heterocycles. The molecule has 1 atom stereocenters. The number of nitrogens with one attached hydrogen (secondary N) is 2. The largest absolute Gasteiger partial charge is 0.468 e. The van der Waals surface area contributed by atoms with Crippen LogP contribution in [-0.4, -0.2) is 37.7 Å². The zero-order valence-electron chi connectivity index (χ0n) is 14.2. The number of ether oxygens (including phenoxy) is 2. The van der Waals surface area contributed by atoms with Crippen LogP contribution in [-0.2, 0) is 25.7 Å². The first-order valence-corrected chi connectivity index (χ1v) is 7.74. The van der Waals surface area contributed by atoms with Gasteiger partial charge in [0.1, 0.15) is 19.2 Å². The summed E-state index contributed by atoms with van der Waals surface area (Å²) in [6.45, 7) is 3.73. The Morgan fingerprint density at radius 2 is 1.79 bits per heavy atom. The zero-order valence-corrected chi connectivity index (χ0v) is 14.2. The summed E-state index contributed by atoms with van der Waals surface area (Å²) in [4.78, 5) is 35.1. The van der Waals surface area contributed by atoms with Gasteiger partial charge in [0.15, 0.2) is 0 Å². The lowest BCUT2D eigenvalue weighted by Gasteiger charge is -2.19. The Kier molecular flexibility index (Phi) is 8.32. The lowest BCUT2D eigenvalue weighted by molar-refractivity contribution is -0.141. The molecule has 0 aliphatic heterocycles. The second-order valence-corrected chi connectivity index (χ2v) is 5.68. The molecule has 0 bridgehead atoms. The first-order valence-electron chi connectivity index (χ1n) is 7.74. The fourth-order valence-electron chi connectivity index (χ4n) is 1.96. The SMILES string of the molecule is COC(=O)CNC(=O)C(CC(C)C)NC(=O)OCc1ccccc1. The van der Waals surface area contributed by atoms with E-state index in [0.717, 1.165) is 5.56 Å². The molecule has 2 N–H and O–H groups in total. The molecule has 0 saturated carbocycles. The van der Waals surface area contributed by atoms with Crippen molar-refractivity contribution in [2.45, 2.75) is 32.9 Å². The summed E-state index contributed by atoms with van der Waals surface area (Å²) in [5, 5.41) is 4.97. The van der Waals surface area contributed by atoms with Crippen molar-refractivity contribution >= 4 is 18.0 Å². The minimum absolute atomic E-state index is 0.116. The fraction of sp³-hybridized carbons (Fsp3) is 0.471. The van der Waals surface area contributed by atoms with Crippen LogP contribution in [0.2, 0.25) is 0 Å². The van der Waals surface area contributed by atoms with Gasteiger partial charge in [0.2, 0.25) is 5.91 Å². The Morgan fingerprint density at radius 3 is 2.38 bits per heavy atom. The van der Waals surface area contributed by atoms with Gasteiger partial charge in [0, 0.05) is 0 Å². The van der Waals surface area contributed by atoms with Gasteiger partial charge in [-0.3, -0.25) is 9.59 Å². The second-order valence-electron chi connectivity index (χ2n) is 5.68. The van der Waals surface area contributed by atoms with Crippen molar-refractivity contribution in [3.8, 4) is 0 Å². The highest BCUT2D eigenvalue weighted by atomic mass is 16.5.